The summed E-state index contributed by atoms with van der Waals surface area (Å²) in [5.41, 5.74) is 2.40. The number of para-hydroxylation sites is 1. The van der Waals surface area contributed by atoms with E-state index in [9.17, 15) is 9.90 Å². The lowest BCUT2D eigenvalue weighted by molar-refractivity contribution is -0.141. The number of benzene rings is 1. The second kappa shape index (κ2) is 6.09. The summed E-state index contributed by atoms with van der Waals surface area (Å²) in [5.74, 6) is -0.311. The third-order valence-electron chi connectivity index (χ3n) is 4.22. The summed E-state index contributed by atoms with van der Waals surface area (Å²) < 4.78 is 0. The van der Waals surface area contributed by atoms with Crippen LogP contribution < -0.4 is 4.90 Å². The van der Waals surface area contributed by atoms with Crippen molar-refractivity contribution in [3.63, 3.8) is 0 Å². The van der Waals surface area contributed by atoms with Crippen LogP contribution in [0.3, 0.4) is 0 Å². The Bertz CT molecular complexity index is 440. The monoisotopic (exact) mass is 261 g/mol. The maximum absolute atomic E-state index is 11.3. The summed E-state index contributed by atoms with van der Waals surface area (Å²) in [7, 11) is 0. The number of rotatable bonds is 5. The Morgan fingerprint density at radius 1 is 1.37 bits per heavy atom. The minimum Gasteiger partial charge on any atom is -0.481 e. The first-order valence-corrected chi connectivity index (χ1v) is 7.21. The number of carboxylic acid groups (broad SMARTS) is 1. The van der Waals surface area contributed by atoms with Crippen molar-refractivity contribution in [2.24, 2.45) is 11.8 Å². The number of anilines is 1. The molecule has 1 atom stereocenters. The highest BCUT2D eigenvalue weighted by molar-refractivity contribution is 5.73. The highest BCUT2D eigenvalue weighted by Crippen LogP contribution is 2.31. The Balaban J connectivity index is 2.23. The largest absolute Gasteiger partial charge is 0.481 e. The van der Waals surface area contributed by atoms with E-state index in [1.54, 1.807) is 0 Å². The van der Waals surface area contributed by atoms with Crippen LogP contribution in [0.5, 0.6) is 0 Å². The van der Waals surface area contributed by atoms with Crippen LogP contribution in [0.4, 0.5) is 5.69 Å². The van der Waals surface area contributed by atoms with Crippen LogP contribution in [0.25, 0.3) is 0 Å². The molecule has 1 aliphatic heterocycles. The summed E-state index contributed by atoms with van der Waals surface area (Å²) in [6.45, 7) is 6.02. The molecule has 2 rings (SSSR count). The quantitative estimate of drug-likeness (QED) is 0.885. The topological polar surface area (TPSA) is 40.5 Å². The summed E-state index contributed by atoms with van der Waals surface area (Å²) in [5, 5.41) is 9.30. The molecule has 1 aromatic rings. The predicted molar refractivity (Wildman–Crippen MR) is 77.6 cm³/mol. The third kappa shape index (κ3) is 3.09. The van der Waals surface area contributed by atoms with Crippen molar-refractivity contribution in [3.05, 3.63) is 29.8 Å². The van der Waals surface area contributed by atoms with E-state index in [0.29, 0.717) is 18.9 Å². The Kier molecular flexibility index (Phi) is 4.46. The molecule has 1 aliphatic rings. The molecule has 19 heavy (non-hydrogen) atoms. The van der Waals surface area contributed by atoms with Crippen LogP contribution in [0.2, 0.25) is 0 Å². The Hall–Kier alpha value is -1.51. The molecule has 3 nitrogen and oxygen atoms in total. The van der Waals surface area contributed by atoms with Gasteiger partial charge in [-0.15, -0.1) is 0 Å². The lowest BCUT2D eigenvalue weighted by Gasteiger charge is -2.36. The molecule has 0 saturated carbocycles. The number of nitrogens with zero attached hydrogens (tertiary/aromatic N) is 1. The van der Waals surface area contributed by atoms with Gasteiger partial charge in [0.15, 0.2) is 0 Å². The zero-order valence-electron chi connectivity index (χ0n) is 11.8. The van der Waals surface area contributed by atoms with E-state index in [-0.39, 0.29) is 5.92 Å². The van der Waals surface area contributed by atoms with Crippen LogP contribution in [-0.4, -0.2) is 24.2 Å². The molecule has 0 saturated heterocycles. The normalized spacial score (nSPS) is 18.5. The number of aliphatic carboxylic acids is 1. The van der Waals surface area contributed by atoms with Crippen LogP contribution >= 0.6 is 0 Å². The van der Waals surface area contributed by atoms with Gasteiger partial charge < -0.3 is 10.0 Å². The molecule has 0 bridgehead atoms. The molecule has 104 valence electrons. The van der Waals surface area contributed by atoms with Gasteiger partial charge in [0.2, 0.25) is 0 Å². The molecular weight excluding hydrogens is 238 g/mol. The van der Waals surface area contributed by atoms with Crippen LogP contribution in [0.1, 0.15) is 32.3 Å². The van der Waals surface area contributed by atoms with E-state index < -0.39 is 5.97 Å². The fourth-order valence-corrected chi connectivity index (χ4v) is 2.88. The highest BCUT2D eigenvalue weighted by atomic mass is 16.4. The van der Waals surface area contributed by atoms with Crippen molar-refractivity contribution < 1.29 is 9.90 Å². The maximum atomic E-state index is 11.3. The smallest absolute Gasteiger partial charge is 0.308 e. The van der Waals surface area contributed by atoms with Gasteiger partial charge in [0.05, 0.1) is 5.92 Å². The maximum Gasteiger partial charge on any atom is 0.308 e. The number of carboxylic acids is 1. The summed E-state index contributed by atoms with van der Waals surface area (Å²) in [6.07, 6.45) is 2.95. The standard InChI is InChI=1S/C16H23NO2/c1-3-12(4-2)10-17-11-14(16(18)19)9-13-7-5-6-8-15(13)17/h5-8,12,14H,3-4,9-11H2,1-2H3,(H,18,19). The first-order valence-electron chi connectivity index (χ1n) is 7.21. The minimum absolute atomic E-state index is 0.274. The average molecular weight is 261 g/mol. The fourth-order valence-electron chi connectivity index (χ4n) is 2.88. The van der Waals surface area contributed by atoms with Gasteiger partial charge in [-0.05, 0) is 24.0 Å². The second-order valence-electron chi connectivity index (χ2n) is 5.46. The Labute approximate surface area is 115 Å². The van der Waals surface area contributed by atoms with Gasteiger partial charge in [-0.2, -0.15) is 0 Å². The number of hydrogen-bond acceptors (Lipinski definition) is 2. The molecule has 0 radical (unpaired) electrons. The van der Waals surface area contributed by atoms with Gasteiger partial charge >= 0.3 is 5.97 Å². The summed E-state index contributed by atoms with van der Waals surface area (Å²) in [6, 6.07) is 8.22. The van der Waals surface area contributed by atoms with Crippen molar-refractivity contribution in [1.82, 2.24) is 0 Å². The van der Waals surface area contributed by atoms with Crippen molar-refractivity contribution in [1.29, 1.82) is 0 Å². The average Bonchev–Trinajstić information content (AvgIpc) is 2.44. The van der Waals surface area contributed by atoms with Crippen molar-refractivity contribution >= 4 is 11.7 Å². The lowest BCUT2D eigenvalue weighted by Crippen LogP contribution is -2.41. The molecule has 3 heteroatoms. The van der Waals surface area contributed by atoms with Crippen LogP contribution in [-0.2, 0) is 11.2 Å². The van der Waals surface area contributed by atoms with E-state index >= 15 is 0 Å². The molecule has 0 fully saturated rings. The van der Waals surface area contributed by atoms with E-state index in [0.717, 1.165) is 19.4 Å². The molecule has 0 spiro atoms. The van der Waals surface area contributed by atoms with Crippen molar-refractivity contribution in [2.75, 3.05) is 18.0 Å². The molecule has 1 N–H and O–H groups in total. The van der Waals surface area contributed by atoms with Gasteiger partial charge in [0, 0.05) is 18.8 Å². The Morgan fingerprint density at radius 2 is 2.05 bits per heavy atom. The van der Waals surface area contributed by atoms with E-state index in [2.05, 4.69) is 30.9 Å². The molecule has 0 aliphatic carbocycles. The van der Waals surface area contributed by atoms with Gasteiger partial charge in [0.25, 0.3) is 0 Å². The van der Waals surface area contributed by atoms with Crippen molar-refractivity contribution in [3.8, 4) is 0 Å². The van der Waals surface area contributed by atoms with Gasteiger partial charge in [-0.3, -0.25) is 4.79 Å². The van der Waals surface area contributed by atoms with Gasteiger partial charge in [0.1, 0.15) is 0 Å². The van der Waals surface area contributed by atoms with E-state index in [1.165, 1.54) is 11.3 Å². The zero-order chi connectivity index (χ0) is 13.8. The van der Waals surface area contributed by atoms with Crippen LogP contribution in [0.15, 0.2) is 24.3 Å². The van der Waals surface area contributed by atoms with Gasteiger partial charge in [-0.1, -0.05) is 44.9 Å². The minimum atomic E-state index is -0.677. The highest BCUT2D eigenvalue weighted by Gasteiger charge is 2.29. The SMILES string of the molecule is CCC(CC)CN1CC(C(=O)O)Cc2ccccc21. The second-order valence-corrected chi connectivity index (χ2v) is 5.46. The first kappa shape index (κ1) is 13.9. The van der Waals surface area contributed by atoms with E-state index in [4.69, 9.17) is 0 Å². The number of carbonyl (C=O) groups is 1. The molecule has 1 unspecified atom stereocenters. The zero-order valence-corrected chi connectivity index (χ0v) is 11.8. The molecule has 0 amide bonds. The lowest BCUT2D eigenvalue weighted by atomic mass is 9.91. The van der Waals surface area contributed by atoms with Crippen molar-refractivity contribution in [2.45, 2.75) is 33.1 Å². The number of hydrogen-bond donors (Lipinski definition) is 1. The Morgan fingerprint density at radius 3 is 2.68 bits per heavy atom. The number of fused-ring (bicyclic) bond motifs is 1. The third-order valence-corrected chi connectivity index (χ3v) is 4.22. The first-order chi connectivity index (χ1) is 9.15. The van der Waals surface area contributed by atoms with Gasteiger partial charge in [-0.25, -0.2) is 0 Å². The predicted octanol–water partition coefficient (Wildman–Crippen LogP) is 3.19. The van der Waals surface area contributed by atoms with E-state index in [1.807, 2.05) is 12.1 Å². The van der Waals surface area contributed by atoms with Crippen LogP contribution in [0, 0.1) is 11.8 Å². The molecular formula is C16H23NO2. The summed E-state index contributed by atoms with van der Waals surface area (Å²) >= 11 is 0. The summed E-state index contributed by atoms with van der Waals surface area (Å²) in [4.78, 5) is 13.6. The fraction of sp³-hybridized carbons (Fsp3) is 0.562. The molecule has 1 heterocycles. The molecule has 1 aromatic carbocycles. The molecule has 0 aromatic heterocycles.